The summed E-state index contributed by atoms with van der Waals surface area (Å²) in [5, 5.41) is 9.40. The van der Waals surface area contributed by atoms with Crippen LogP contribution in [-0.2, 0) is 0 Å². The van der Waals surface area contributed by atoms with E-state index in [1.54, 1.807) is 24.3 Å². The fraction of sp³-hybridized carbons (Fsp3) is 0. The van der Waals surface area contributed by atoms with E-state index in [2.05, 4.69) is 0 Å². The molecule has 1 aromatic rings. The third-order valence-corrected chi connectivity index (χ3v) is 1.67. The van der Waals surface area contributed by atoms with Crippen molar-refractivity contribution in [3.05, 3.63) is 39.9 Å². The van der Waals surface area contributed by atoms with Crippen LogP contribution in [0.4, 0.5) is 0 Å². The summed E-state index contributed by atoms with van der Waals surface area (Å²) in [6, 6.07) is 7.01. The van der Waals surface area contributed by atoms with Crippen LogP contribution in [0.25, 0.3) is 6.08 Å². The molecule has 0 amide bonds. The Morgan fingerprint density at radius 3 is 2.25 bits per heavy atom. The number of hydrogen-bond donors (Lipinski definition) is 0. The van der Waals surface area contributed by atoms with Gasteiger partial charge in [0.1, 0.15) is 0 Å². The van der Waals surface area contributed by atoms with E-state index in [0.717, 1.165) is 5.56 Å². The first kappa shape index (κ1) is 9.12. The van der Waals surface area contributed by atoms with Crippen LogP contribution in [0, 0.1) is 11.3 Å². The minimum Gasteiger partial charge on any atom is -0.193 e. The molecule has 0 aromatic heterocycles. The quantitative estimate of drug-likeness (QED) is 0.633. The van der Waals surface area contributed by atoms with Gasteiger partial charge in [-0.15, -0.1) is 0 Å². The number of nitriles is 1. The Bertz CT molecular complexity index is 330. The summed E-state index contributed by atoms with van der Waals surface area (Å²) in [7, 11) is 0. The lowest BCUT2D eigenvalue weighted by atomic mass is 10.2. The van der Waals surface area contributed by atoms with Crippen molar-refractivity contribution in [3.63, 3.8) is 0 Å². The molecule has 0 aliphatic carbocycles. The lowest BCUT2D eigenvalue weighted by Gasteiger charge is -1.95. The molecule has 0 bridgehead atoms. The van der Waals surface area contributed by atoms with Gasteiger partial charge in [-0.05, 0) is 29.8 Å². The summed E-state index contributed by atoms with van der Waals surface area (Å²) < 4.78 is 0. The molecule has 0 N–H and O–H groups in total. The molecular weight excluding hydrogens is 193 g/mol. The maximum absolute atomic E-state index is 8.26. The Hall–Kier alpha value is -0.970. The minimum atomic E-state index is 0.570. The summed E-state index contributed by atoms with van der Waals surface area (Å²) >= 11 is 11.5. The molecule has 0 aliphatic heterocycles. The lowest BCUT2D eigenvalue weighted by molar-refractivity contribution is 1.54. The second-order valence-corrected chi connectivity index (χ2v) is 3.04. The average Bonchev–Trinajstić information content (AvgIpc) is 1.99. The first-order valence-electron chi connectivity index (χ1n) is 3.24. The Kier molecular flexibility index (Phi) is 3.16. The van der Waals surface area contributed by atoms with Crippen molar-refractivity contribution in [2.24, 2.45) is 0 Å². The van der Waals surface area contributed by atoms with Gasteiger partial charge in [0, 0.05) is 16.1 Å². The zero-order chi connectivity index (χ0) is 8.97. The van der Waals surface area contributed by atoms with Crippen molar-refractivity contribution < 1.29 is 0 Å². The average molecular weight is 198 g/mol. The van der Waals surface area contributed by atoms with Crippen molar-refractivity contribution in [1.82, 2.24) is 0 Å². The van der Waals surface area contributed by atoms with Gasteiger partial charge in [0.15, 0.2) is 0 Å². The van der Waals surface area contributed by atoms with Crippen molar-refractivity contribution >= 4 is 29.3 Å². The van der Waals surface area contributed by atoms with Gasteiger partial charge in [-0.1, -0.05) is 23.2 Å². The fourth-order valence-electron chi connectivity index (χ4n) is 0.805. The predicted molar refractivity (Wildman–Crippen MR) is 51.1 cm³/mol. The molecule has 1 rings (SSSR count). The molecule has 1 nitrogen and oxygen atoms in total. The highest BCUT2D eigenvalue weighted by atomic mass is 35.5. The number of hydrogen-bond acceptors (Lipinski definition) is 1. The van der Waals surface area contributed by atoms with Gasteiger partial charge in [0.2, 0.25) is 0 Å². The van der Waals surface area contributed by atoms with E-state index in [-0.39, 0.29) is 0 Å². The van der Waals surface area contributed by atoms with E-state index in [1.807, 2.05) is 6.07 Å². The molecule has 0 fully saturated rings. The number of halogens is 2. The van der Waals surface area contributed by atoms with Crippen molar-refractivity contribution in [1.29, 1.82) is 5.26 Å². The molecule has 0 atom stereocenters. The van der Waals surface area contributed by atoms with Gasteiger partial charge in [0.25, 0.3) is 0 Å². The van der Waals surface area contributed by atoms with E-state index < -0.39 is 0 Å². The van der Waals surface area contributed by atoms with E-state index >= 15 is 0 Å². The van der Waals surface area contributed by atoms with Crippen LogP contribution in [0.5, 0.6) is 0 Å². The summed E-state index contributed by atoms with van der Waals surface area (Å²) in [6.07, 6.45) is 3.03. The Morgan fingerprint density at radius 1 is 1.17 bits per heavy atom. The maximum atomic E-state index is 8.26. The molecular formula is C9H5Cl2N. The second-order valence-electron chi connectivity index (χ2n) is 2.17. The van der Waals surface area contributed by atoms with Crippen LogP contribution >= 0.6 is 23.2 Å². The van der Waals surface area contributed by atoms with Gasteiger partial charge in [-0.25, -0.2) is 0 Å². The van der Waals surface area contributed by atoms with Crippen LogP contribution in [-0.4, -0.2) is 0 Å². The third-order valence-electron chi connectivity index (χ3n) is 1.24. The standard InChI is InChI=1S/C9H5Cl2N/c10-8-4-7(2-1-3-12)5-9(11)6-8/h1-2,4-6H. The van der Waals surface area contributed by atoms with Crippen molar-refractivity contribution in [2.45, 2.75) is 0 Å². The molecule has 12 heavy (non-hydrogen) atoms. The van der Waals surface area contributed by atoms with E-state index in [1.165, 1.54) is 6.08 Å². The minimum absolute atomic E-state index is 0.570. The summed E-state index contributed by atoms with van der Waals surface area (Å²) in [4.78, 5) is 0. The van der Waals surface area contributed by atoms with Gasteiger partial charge < -0.3 is 0 Å². The van der Waals surface area contributed by atoms with Gasteiger partial charge in [0.05, 0.1) is 6.07 Å². The van der Waals surface area contributed by atoms with E-state index in [4.69, 9.17) is 28.5 Å². The number of benzene rings is 1. The lowest BCUT2D eigenvalue weighted by Crippen LogP contribution is -1.72. The Labute approximate surface area is 80.8 Å². The summed E-state index contributed by atoms with van der Waals surface area (Å²) in [5.41, 5.74) is 0.828. The van der Waals surface area contributed by atoms with Crippen LogP contribution in [0.1, 0.15) is 5.56 Å². The van der Waals surface area contributed by atoms with E-state index in [9.17, 15) is 0 Å². The molecule has 1 aromatic carbocycles. The molecule has 0 saturated carbocycles. The highest BCUT2D eigenvalue weighted by molar-refractivity contribution is 6.34. The van der Waals surface area contributed by atoms with Gasteiger partial charge >= 0.3 is 0 Å². The maximum Gasteiger partial charge on any atom is 0.0912 e. The smallest absolute Gasteiger partial charge is 0.0912 e. The Balaban J connectivity index is 3.03. The normalized spacial score (nSPS) is 10.1. The highest BCUT2D eigenvalue weighted by Crippen LogP contribution is 2.19. The summed E-state index contributed by atoms with van der Waals surface area (Å²) in [5.74, 6) is 0. The molecule has 0 unspecified atom stereocenters. The third kappa shape index (κ3) is 2.58. The van der Waals surface area contributed by atoms with E-state index in [0.29, 0.717) is 10.0 Å². The first-order valence-corrected chi connectivity index (χ1v) is 4.00. The SMILES string of the molecule is N#CC=Cc1cc(Cl)cc(Cl)c1. The van der Waals surface area contributed by atoms with Gasteiger partial charge in [-0.2, -0.15) is 5.26 Å². The molecule has 0 aliphatic rings. The van der Waals surface area contributed by atoms with Gasteiger partial charge in [-0.3, -0.25) is 0 Å². The molecule has 0 heterocycles. The summed E-state index contributed by atoms with van der Waals surface area (Å²) in [6.45, 7) is 0. The highest BCUT2D eigenvalue weighted by Gasteiger charge is 1.93. The second kappa shape index (κ2) is 4.15. The topological polar surface area (TPSA) is 23.8 Å². The largest absolute Gasteiger partial charge is 0.193 e. The van der Waals surface area contributed by atoms with Crippen LogP contribution in [0.3, 0.4) is 0 Å². The van der Waals surface area contributed by atoms with Crippen molar-refractivity contribution in [2.75, 3.05) is 0 Å². The number of nitrogens with zero attached hydrogens (tertiary/aromatic N) is 1. The number of allylic oxidation sites excluding steroid dienone is 1. The van der Waals surface area contributed by atoms with Crippen LogP contribution in [0.15, 0.2) is 24.3 Å². The molecule has 3 heteroatoms. The Morgan fingerprint density at radius 2 is 1.75 bits per heavy atom. The van der Waals surface area contributed by atoms with Crippen LogP contribution in [0.2, 0.25) is 10.0 Å². The zero-order valence-electron chi connectivity index (χ0n) is 6.09. The zero-order valence-corrected chi connectivity index (χ0v) is 7.60. The molecule has 0 spiro atoms. The molecule has 60 valence electrons. The van der Waals surface area contributed by atoms with Crippen molar-refractivity contribution in [3.8, 4) is 6.07 Å². The monoisotopic (exact) mass is 197 g/mol. The number of rotatable bonds is 1. The van der Waals surface area contributed by atoms with Crippen LogP contribution < -0.4 is 0 Å². The molecule has 0 saturated heterocycles. The first-order chi connectivity index (χ1) is 5.72. The fourth-order valence-corrected chi connectivity index (χ4v) is 1.35. The molecule has 0 radical (unpaired) electrons. The predicted octanol–water partition coefficient (Wildman–Crippen LogP) is 3.53.